The molecule has 0 aliphatic carbocycles. The molecule has 0 unspecified atom stereocenters. The topological polar surface area (TPSA) is 90.0 Å². The largest absolute Gasteiger partial charge is 0.490 e. The summed E-state index contributed by atoms with van der Waals surface area (Å²) in [6, 6.07) is 20.3. The molecule has 0 fully saturated rings. The maximum absolute atomic E-state index is 14.6. The number of carbonyl (C=O) groups excluding carboxylic acids is 2. The molecule has 3 aromatic carbocycles. The average Bonchev–Trinajstić information content (AvgIpc) is 3.57. The highest BCUT2D eigenvalue weighted by molar-refractivity contribution is 7.18. The van der Waals surface area contributed by atoms with E-state index in [9.17, 15) is 14.0 Å². The van der Waals surface area contributed by atoms with Gasteiger partial charge in [0.15, 0.2) is 0 Å². The van der Waals surface area contributed by atoms with E-state index in [1.807, 2.05) is 50.4 Å². The lowest BCUT2D eigenvalue weighted by molar-refractivity contribution is -0.111. The first-order valence-corrected chi connectivity index (χ1v) is 16.9. The molecule has 252 valence electrons. The van der Waals surface area contributed by atoms with E-state index in [2.05, 4.69) is 30.1 Å². The van der Waals surface area contributed by atoms with Crippen LogP contribution in [0.1, 0.15) is 31.9 Å². The number of benzene rings is 3. The summed E-state index contributed by atoms with van der Waals surface area (Å²) in [5.41, 5.74) is 6.84. The minimum Gasteiger partial charge on any atom is -0.490 e. The number of halogens is 1. The van der Waals surface area contributed by atoms with E-state index in [-0.39, 0.29) is 18.6 Å². The first-order valence-electron chi connectivity index (χ1n) is 16.0. The zero-order valence-corrected chi connectivity index (χ0v) is 28.8. The Balaban J connectivity index is 1.50. The maximum Gasteiger partial charge on any atom is 0.410 e. The van der Waals surface area contributed by atoms with Crippen molar-refractivity contribution in [2.75, 3.05) is 32.2 Å². The SMILES string of the molecule is C=CC(=O)Nc1cccc(-c2nc(-c3ccc4c(c3)CCN(C(=O)OC(C)(C)C)C4)c3ccsc3c2-c2ccc(F)cc2OCCOC)c1. The first-order chi connectivity index (χ1) is 23.5. The molecular weight excluding hydrogens is 642 g/mol. The van der Waals surface area contributed by atoms with Gasteiger partial charge in [-0.25, -0.2) is 14.2 Å². The normalized spacial score (nSPS) is 12.8. The van der Waals surface area contributed by atoms with Crippen LogP contribution in [-0.2, 0) is 27.2 Å². The highest BCUT2D eigenvalue weighted by Crippen LogP contribution is 2.46. The third kappa shape index (κ3) is 7.50. The molecule has 0 saturated carbocycles. The van der Waals surface area contributed by atoms with E-state index >= 15 is 0 Å². The quantitative estimate of drug-likeness (QED) is 0.124. The van der Waals surface area contributed by atoms with Crippen molar-refractivity contribution in [3.63, 3.8) is 0 Å². The van der Waals surface area contributed by atoms with Crippen LogP contribution in [0.25, 0.3) is 43.7 Å². The number of nitrogens with one attached hydrogen (secondary N) is 1. The molecule has 0 atom stereocenters. The number of ether oxygens (including phenoxy) is 3. The van der Waals surface area contributed by atoms with Crippen molar-refractivity contribution in [2.45, 2.75) is 39.3 Å². The van der Waals surface area contributed by atoms with Crippen molar-refractivity contribution < 1.29 is 28.2 Å². The van der Waals surface area contributed by atoms with Crippen LogP contribution in [-0.4, -0.2) is 54.4 Å². The fourth-order valence-electron chi connectivity index (χ4n) is 5.88. The van der Waals surface area contributed by atoms with E-state index in [4.69, 9.17) is 19.2 Å². The number of methoxy groups -OCH3 is 1. The zero-order chi connectivity index (χ0) is 34.7. The Morgan fingerprint density at radius 2 is 1.84 bits per heavy atom. The summed E-state index contributed by atoms with van der Waals surface area (Å²) in [4.78, 5) is 32.1. The van der Waals surface area contributed by atoms with Gasteiger partial charge < -0.3 is 24.4 Å². The van der Waals surface area contributed by atoms with Crippen LogP contribution < -0.4 is 10.1 Å². The summed E-state index contributed by atoms with van der Waals surface area (Å²) in [5.74, 6) is -0.369. The number of thiophene rings is 1. The molecule has 2 aromatic heterocycles. The summed E-state index contributed by atoms with van der Waals surface area (Å²) >= 11 is 1.57. The van der Waals surface area contributed by atoms with Crippen LogP contribution in [0.3, 0.4) is 0 Å². The molecule has 1 aliphatic rings. The van der Waals surface area contributed by atoms with Crippen molar-refractivity contribution in [1.82, 2.24) is 9.88 Å². The van der Waals surface area contributed by atoms with Gasteiger partial charge in [0.25, 0.3) is 0 Å². The molecule has 8 nitrogen and oxygen atoms in total. The summed E-state index contributed by atoms with van der Waals surface area (Å²) in [5, 5.41) is 5.81. The van der Waals surface area contributed by atoms with Gasteiger partial charge in [-0.2, -0.15) is 0 Å². The van der Waals surface area contributed by atoms with E-state index in [0.717, 1.165) is 43.6 Å². The predicted molar refractivity (Wildman–Crippen MR) is 192 cm³/mol. The molecule has 10 heteroatoms. The second-order valence-electron chi connectivity index (χ2n) is 12.7. The average molecular weight is 680 g/mol. The Bertz CT molecular complexity index is 2050. The lowest BCUT2D eigenvalue weighted by Gasteiger charge is -2.31. The highest BCUT2D eigenvalue weighted by atomic mass is 32.1. The number of aromatic nitrogens is 1. The van der Waals surface area contributed by atoms with E-state index in [0.29, 0.717) is 48.8 Å². The van der Waals surface area contributed by atoms with Crippen LogP contribution in [0.2, 0.25) is 0 Å². The van der Waals surface area contributed by atoms with Crippen molar-refractivity contribution >= 4 is 39.1 Å². The van der Waals surface area contributed by atoms with Crippen LogP contribution in [0.15, 0.2) is 84.8 Å². The standard InChI is InChI=1S/C39H38FN3O5S/c1-6-33(44)41-29-9-7-8-25(21-29)36-34(30-13-12-28(40)22-32(30)47-18-17-46-5)37-31(15-19-49-37)35(42-36)26-10-11-27-23-43(16-14-24(27)20-26)38(45)48-39(2,3)4/h6-13,15,19-22H,1,14,16-18,23H2,2-5H3,(H,41,44). The number of rotatable bonds is 9. The van der Waals surface area contributed by atoms with Crippen LogP contribution in [0, 0.1) is 5.82 Å². The van der Waals surface area contributed by atoms with Gasteiger partial charge in [0, 0.05) is 64.3 Å². The molecule has 0 bridgehead atoms. The predicted octanol–water partition coefficient (Wildman–Crippen LogP) is 8.88. The van der Waals surface area contributed by atoms with E-state index in [1.54, 1.807) is 35.5 Å². The third-order valence-corrected chi connectivity index (χ3v) is 9.03. The van der Waals surface area contributed by atoms with Gasteiger partial charge in [-0.3, -0.25) is 4.79 Å². The fourth-order valence-corrected chi connectivity index (χ4v) is 6.84. The lowest BCUT2D eigenvalue weighted by Crippen LogP contribution is -2.39. The Hall–Kier alpha value is -5.06. The Morgan fingerprint density at radius 3 is 2.61 bits per heavy atom. The molecule has 1 N–H and O–H groups in total. The van der Waals surface area contributed by atoms with Crippen LogP contribution in [0.5, 0.6) is 5.75 Å². The Kier molecular flexibility index (Phi) is 9.80. The number of anilines is 1. The molecule has 2 amide bonds. The van der Waals surface area contributed by atoms with Gasteiger partial charge in [-0.1, -0.05) is 30.8 Å². The van der Waals surface area contributed by atoms with E-state index < -0.39 is 11.4 Å². The molecule has 5 aromatic rings. The van der Waals surface area contributed by atoms with Gasteiger partial charge in [0.05, 0.1) is 18.0 Å². The molecule has 1 aliphatic heterocycles. The number of amides is 2. The highest BCUT2D eigenvalue weighted by Gasteiger charge is 2.27. The van der Waals surface area contributed by atoms with Crippen molar-refractivity contribution in [3.8, 4) is 39.4 Å². The second-order valence-corrected chi connectivity index (χ2v) is 13.7. The lowest BCUT2D eigenvalue weighted by atomic mass is 9.92. The summed E-state index contributed by atoms with van der Waals surface area (Å²) in [6.45, 7) is 10.8. The molecule has 0 spiro atoms. The Labute approximate surface area is 289 Å². The number of fused-ring (bicyclic) bond motifs is 2. The van der Waals surface area contributed by atoms with Crippen LogP contribution >= 0.6 is 11.3 Å². The fraction of sp³-hybridized carbons (Fsp3) is 0.256. The number of nitrogens with zero attached hydrogens (tertiary/aromatic N) is 2. The smallest absolute Gasteiger partial charge is 0.410 e. The van der Waals surface area contributed by atoms with E-state index in [1.165, 1.54) is 18.2 Å². The zero-order valence-electron chi connectivity index (χ0n) is 28.0. The molecule has 0 radical (unpaired) electrons. The molecule has 6 rings (SSSR count). The third-order valence-electron chi connectivity index (χ3n) is 8.10. The number of carbonyl (C=O) groups is 2. The minimum absolute atomic E-state index is 0.241. The van der Waals surface area contributed by atoms with Gasteiger partial charge in [0.2, 0.25) is 5.91 Å². The molecule has 0 saturated heterocycles. The number of pyridine rings is 1. The maximum atomic E-state index is 14.6. The molecule has 3 heterocycles. The molecular formula is C39H38FN3O5S. The van der Waals surface area contributed by atoms with Gasteiger partial charge in [-0.05, 0) is 86.2 Å². The number of hydrogen-bond acceptors (Lipinski definition) is 7. The first kappa shape index (κ1) is 33.8. The van der Waals surface area contributed by atoms with Gasteiger partial charge >= 0.3 is 6.09 Å². The summed E-state index contributed by atoms with van der Waals surface area (Å²) in [7, 11) is 1.58. The second kappa shape index (κ2) is 14.2. The minimum atomic E-state index is -0.565. The Morgan fingerprint density at radius 1 is 1.02 bits per heavy atom. The van der Waals surface area contributed by atoms with Crippen molar-refractivity contribution in [3.05, 3.63) is 102 Å². The summed E-state index contributed by atoms with van der Waals surface area (Å²) < 4.78 is 32.4. The number of hydrogen-bond donors (Lipinski definition) is 1. The van der Waals surface area contributed by atoms with Crippen LogP contribution in [0.4, 0.5) is 14.9 Å². The van der Waals surface area contributed by atoms with Crippen molar-refractivity contribution in [2.24, 2.45) is 0 Å². The van der Waals surface area contributed by atoms with Gasteiger partial charge in [0.1, 0.15) is 23.8 Å². The van der Waals surface area contributed by atoms with Gasteiger partial charge in [-0.15, -0.1) is 11.3 Å². The van der Waals surface area contributed by atoms with Crippen molar-refractivity contribution in [1.29, 1.82) is 0 Å². The molecule has 49 heavy (non-hydrogen) atoms. The summed E-state index contributed by atoms with van der Waals surface area (Å²) in [6.07, 6.45) is 1.59. The monoisotopic (exact) mass is 679 g/mol.